The number of amides is 1. The molecule has 104 valence electrons. The minimum atomic E-state index is -0.413. The summed E-state index contributed by atoms with van der Waals surface area (Å²) in [5.41, 5.74) is -0.413. The molecule has 0 aromatic rings. The van der Waals surface area contributed by atoms with E-state index in [4.69, 9.17) is 4.74 Å². The molecule has 1 amide bonds. The predicted octanol–water partition coefficient (Wildman–Crippen LogP) is 2.48. The van der Waals surface area contributed by atoms with Gasteiger partial charge < -0.3 is 9.64 Å². The van der Waals surface area contributed by atoms with Crippen LogP contribution in [-0.4, -0.2) is 52.7 Å². The average Bonchev–Trinajstić information content (AvgIpc) is 2.95. The van der Waals surface area contributed by atoms with Crippen molar-refractivity contribution in [3.63, 3.8) is 0 Å². The summed E-state index contributed by atoms with van der Waals surface area (Å²) >= 11 is 0. The summed E-state index contributed by atoms with van der Waals surface area (Å²) in [6.45, 7) is 12.0. The van der Waals surface area contributed by atoms with Gasteiger partial charge in [0.15, 0.2) is 0 Å². The number of rotatable bonds is 1. The van der Waals surface area contributed by atoms with E-state index in [2.05, 4.69) is 18.7 Å². The molecule has 1 aliphatic heterocycles. The number of ether oxygens (including phenoxy) is 1. The summed E-state index contributed by atoms with van der Waals surface area (Å²) in [5, 5.41) is 0. The maximum atomic E-state index is 12.2. The smallest absolute Gasteiger partial charge is 0.410 e. The molecular formula is C14H26N2O2. The minimum absolute atomic E-state index is 0.169. The number of nitrogens with zero attached hydrogens (tertiary/aromatic N) is 2. The van der Waals surface area contributed by atoms with Crippen molar-refractivity contribution in [2.75, 3.05) is 13.1 Å². The molecule has 0 aromatic heterocycles. The SMILES string of the molecule is C[C@@H]1CN(C2CC2)C[C@H](C)N1C(=O)OC(C)(C)C. The zero-order chi connectivity index (χ0) is 13.5. The predicted molar refractivity (Wildman–Crippen MR) is 71.6 cm³/mol. The third-order valence-electron chi connectivity index (χ3n) is 3.61. The third kappa shape index (κ3) is 3.16. The highest BCUT2D eigenvalue weighted by Gasteiger charge is 2.40. The van der Waals surface area contributed by atoms with Gasteiger partial charge in [-0.15, -0.1) is 0 Å². The number of hydrogen-bond donors (Lipinski definition) is 0. The number of hydrogen-bond acceptors (Lipinski definition) is 3. The van der Waals surface area contributed by atoms with Crippen LogP contribution in [0.4, 0.5) is 4.79 Å². The Labute approximate surface area is 110 Å². The summed E-state index contributed by atoms with van der Waals surface area (Å²) in [5.74, 6) is 0. The molecule has 1 heterocycles. The Kier molecular flexibility index (Phi) is 3.58. The number of piperazine rings is 1. The van der Waals surface area contributed by atoms with E-state index in [9.17, 15) is 4.79 Å². The first-order chi connectivity index (χ1) is 8.28. The Bertz CT molecular complexity index is 308. The van der Waals surface area contributed by atoms with Gasteiger partial charge in [0, 0.05) is 31.2 Å². The van der Waals surface area contributed by atoms with E-state index in [1.165, 1.54) is 12.8 Å². The summed E-state index contributed by atoms with van der Waals surface area (Å²) in [6, 6.07) is 1.25. The van der Waals surface area contributed by atoms with Crippen molar-refractivity contribution >= 4 is 6.09 Å². The topological polar surface area (TPSA) is 32.8 Å². The molecule has 0 aromatic carbocycles. The Morgan fingerprint density at radius 3 is 2.00 bits per heavy atom. The lowest BCUT2D eigenvalue weighted by atomic mass is 10.1. The van der Waals surface area contributed by atoms with Crippen LogP contribution in [0, 0.1) is 0 Å². The normalized spacial score (nSPS) is 30.4. The summed E-state index contributed by atoms with van der Waals surface area (Å²) in [6.07, 6.45) is 2.48. The average molecular weight is 254 g/mol. The van der Waals surface area contributed by atoms with Gasteiger partial charge >= 0.3 is 6.09 Å². The van der Waals surface area contributed by atoms with Gasteiger partial charge in [-0.2, -0.15) is 0 Å². The van der Waals surface area contributed by atoms with Crippen molar-refractivity contribution in [2.45, 2.75) is 71.2 Å². The molecule has 0 bridgehead atoms. The van der Waals surface area contributed by atoms with E-state index >= 15 is 0 Å². The second-order valence-corrected chi connectivity index (χ2v) is 6.77. The summed E-state index contributed by atoms with van der Waals surface area (Å²) in [7, 11) is 0. The van der Waals surface area contributed by atoms with E-state index in [-0.39, 0.29) is 18.2 Å². The molecule has 18 heavy (non-hydrogen) atoms. The van der Waals surface area contributed by atoms with Crippen LogP contribution in [0.3, 0.4) is 0 Å². The van der Waals surface area contributed by atoms with Crippen molar-refractivity contribution in [2.24, 2.45) is 0 Å². The maximum Gasteiger partial charge on any atom is 0.410 e. The van der Waals surface area contributed by atoms with Crippen LogP contribution in [-0.2, 0) is 4.74 Å². The Balaban J connectivity index is 1.97. The zero-order valence-electron chi connectivity index (χ0n) is 12.3. The molecule has 0 N–H and O–H groups in total. The molecule has 2 atom stereocenters. The van der Waals surface area contributed by atoms with Crippen molar-refractivity contribution in [1.82, 2.24) is 9.80 Å². The second kappa shape index (κ2) is 4.72. The lowest BCUT2D eigenvalue weighted by molar-refractivity contribution is -0.0163. The fraction of sp³-hybridized carbons (Fsp3) is 0.929. The first-order valence-corrected chi connectivity index (χ1v) is 7.03. The lowest BCUT2D eigenvalue weighted by Crippen LogP contribution is -2.59. The molecule has 1 saturated carbocycles. The fourth-order valence-electron chi connectivity index (χ4n) is 2.78. The van der Waals surface area contributed by atoms with Crippen molar-refractivity contribution < 1.29 is 9.53 Å². The van der Waals surface area contributed by atoms with E-state index in [0.29, 0.717) is 0 Å². The molecular weight excluding hydrogens is 228 g/mol. The van der Waals surface area contributed by atoms with Gasteiger partial charge in [0.2, 0.25) is 0 Å². The van der Waals surface area contributed by atoms with Gasteiger partial charge in [-0.1, -0.05) is 0 Å². The number of carbonyl (C=O) groups is 1. The first-order valence-electron chi connectivity index (χ1n) is 7.03. The van der Waals surface area contributed by atoms with Gasteiger partial charge in [-0.05, 0) is 47.5 Å². The van der Waals surface area contributed by atoms with Crippen molar-refractivity contribution in [1.29, 1.82) is 0 Å². The molecule has 2 fully saturated rings. The van der Waals surface area contributed by atoms with E-state index < -0.39 is 5.60 Å². The molecule has 0 unspecified atom stereocenters. The molecule has 2 aliphatic rings. The Morgan fingerprint density at radius 1 is 1.11 bits per heavy atom. The first kappa shape index (κ1) is 13.7. The molecule has 1 aliphatic carbocycles. The lowest BCUT2D eigenvalue weighted by Gasteiger charge is -2.44. The molecule has 0 radical (unpaired) electrons. The molecule has 0 spiro atoms. The minimum Gasteiger partial charge on any atom is -0.444 e. The fourth-order valence-corrected chi connectivity index (χ4v) is 2.78. The van der Waals surface area contributed by atoms with Crippen molar-refractivity contribution in [3.8, 4) is 0 Å². The maximum absolute atomic E-state index is 12.2. The molecule has 4 heteroatoms. The zero-order valence-corrected chi connectivity index (χ0v) is 12.3. The molecule has 1 saturated heterocycles. The third-order valence-corrected chi connectivity index (χ3v) is 3.61. The van der Waals surface area contributed by atoms with E-state index in [1.54, 1.807) is 0 Å². The Morgan fingerprint density at radius 2 is 1.61 bits per heavy atom. The van der Waals surface area contributed by atoms with Gasteiger partial charge in [0.05, 0.1) is 0 Å². The van der Waals surface area contributed by atoms with Crippen LogP contribution in [0.25, 0.3) is 0 Å². The summed E-state index contributed by atoms with van der Waals surface area (Å²) in [4.78, 5) is 16.6. The molecule has 2 rings (SSSR count). The van der Waals surface area contributed by atoms with E-state index in [0.717, 1.165) is 19.1 Å². The van der Waals surface area contributed by atoms with Gasteiger partial charge in [-0.25, -0.2) is 4.79 Å². The second-order valence-electron chi connectivity index (χ2n) is 6.77. The largest absolute Gasteiger partial charge is 0.444 e. The van der Waals surface area contributed by atoms with Crippen LogP contribution >= 0.6 is 0 Å². The highest BCUT2D eigenvalue weighted by Crippen LogP contribution is 2.30. The summed E-state index contributed by atoms with van der Waals surface area (Å²) < 4.78 is 5.50. The van der Waals surface area contributed by atoms with Crippen LogP contribution in [0.2, 0.25) is 0 Å². The van der Waals surface area contributed by atoms with Crippen LogP contribution in [0.5, 0.6) is 0 Å². The van der Waals surface area contributed by atoms with Crippen LogP contribution in [0.1, 0.15) is 47.5 Å². The number of carbonyl (C=O) groups excluding carboxylic acids is 1. The standard InChI is InChI=1S/C14H26N2O2/c1-10-8-15(12-6-7-12)9-11(2)16(10)13(17)18-14(3,4)5/h10-12H,6-9H2,1-5H3/t10-,11+. The van der Waals surface area contributed by atoms with Crippen molar-refractivity contribution in [3.05, 3.63) is 0 Å². The van der Waals surface area contributed by atoms with Crippen LogP contribution < -0.4 is 0 Å². The highest BCUT2D eigenvalue weighted by atomic mass is 16.6. The Hall–Kier alpha value is -0.770. The quantitative estimate of drug-likeness (QED) is 0.720. The van der Waals surface area contributed by atoms with Gasteiger partial charge in [-0.3, -0.25) is 4.90 Å². The van der Waals surface area contributed by atoms with Gasteiger partial charge in [0.1, 0.15) is 5.60 Å². The monoisotopic (exact) mass is 254 g/mol. The molecule has 4 nitrogen and oxygen atoms in total. The van der Waals surface area contributed by atoms with Crippen LogP contribution in [0.15, 0.2) is 0 Å². The highest BCUT2D eigenvalue weighted by molar-refractivity contribution is 5.69. The van der Waals surface area contributed by atoms with E-state index in [1.807, 2.05) is 25.7 Å². The van der Waals surface area contributed by atoms with Gasteiger partial charge in [0.25, 0.3) is 0 Å².